The van der Waals surface area contributed by atoms with Crippen LogP contribution in [0.25, 0.3) is 0 Å². The van der Waals surface area contributed by atoms with Crippen molar-refractivity contribution in [2.75, 3.05) is 33.4 Å². The molecule has 112 valence electrons. The second-order valence-corrected chi connectivity index (χ2v) is 5.23. The van der Waals surface area contributed by atoms with Crippen molar-refractivity contribution in [1.29, 1.82) is 0 Å². The number of amides is 1. The van der Waals surface area contributed by atoms with E-state index in [0.717, 1.165) is 25.9 Å². The van der Waals surface area contributed by atoms with Gasteiger partial charge in [-0.05, 0) is 38.1 Å². The van der Waals surface area contributed by atoms with Gasteiger partial charge in [-0.25, -0.2) is 0 Å². The van der Waals surface area contributed by atoms with E-state index in [4.69, 9.17) is 4.74 Å². The Kier molecular flexibility index (Phi) is 6.99. The number of hydrogen-bond donors (Lipinski definition) is 2. The molecule has 1 aromatic carbocycles. The lowest BCUT2D eigenvalue weighted by Gasteiger charge is -2.37. The van der Waals surface area contributed by atoms with Crippen molar-refractivity contribution in [2.45, 2.75) is 12.8 Å². The Hall–Kier alpha value is -1.10. The summed E-state index contributed by atoms with van der Waals surface area (Å²) >= 11 is 0. The van der Waals surface area contributed by atoms with Gasteiger partial charge in [0.25, 0.3) is 5.91 Å². The van der Waals surface area contributed by atoms with Crippen LogP contribution in [0.4, 0.5) is 0 Å². The van der Waals surface area contributed by atoms with E-state index in [-0.39, 0.29) is 23.7 Å². The van der Waals surface area contributed by atoms with Crippen LogP contribution in [-0.4, -0.2) is 39.3 Å². The first-order valence-electron chi connectivity index (χ1n) is 6.79. The number of methoxy groups -OCH3 is 1. The number of carbonyl (C=O) groups is 1. The van der Waals surface area contributed by atoms with Crippen LogP contribution >= 0.6 is 12.4 Å². The normalized spacial score (nSPS) is 17.1. The van der Waals surface area contributed by atoms with Crippen LogP contribution in [0.2, 0.25) is 0 Å². The molecule has 4 nitrogen and oxygen atoms in total. The smallest absolute Gasteiger partial charge is 0.251 e. The Labute approximate surface area is 126 Å². The van der Waals surface area contributed by atoms with Crippen molar-refractivity contribution in [3.8, 4) is 0 Å². The number of nitrogens with one attached hydrogen (secondary N) is 2. The Morgan fingerprint density at radius 3 is 2.55 bits per heavy atom. The van der Waals surface area contributed by atoms with Crippen LogP contribution in [-0.2, 0) is 4.74 Å². The predicted octanol–water partition coefficient (Wildman–Crippen LogP) is 1.85. The van der Waals surface area contributed by atoms with E-state index in [1.807, 2.05) is 30.3 Å². The highest BCUT2D eigenvalue weighted by Crippen LogP contribution is 2.28. The van der Waals surface area contributed by atoms with Gasteiger partial charge in [-0.2, -0.15) is 0 Å². The number of rotatable bonds is 5. The van der Waals surface area contributed by atoms with Crippen LogP contribution in [0.15, 0.2) is 30.3 Å². The highest BCUT2D eigenvalue weighted by Gasteiger charge is 2.32. The first-order chi connectivity index (χ1) is 9.26. The molecule has 0 saturated carbocycles. The zero-order chi connectivity index (χ0) is 13.6. The van der Waals surface area contributed by atoms with E-state index < -0.39 is 0 Å². The molecule has 0 atom stereocenters. The summed E-state index contributed by atoms with van der Waals surface area (Å²) in [6.07, 6.45) is 2.08. The quantitative estimate of drug-likeness (QED) is 0.872. The van der Waals surface area contributed by atoms with Gasteiger partial charge in [0.05, 0.1) is 6.61 Å². The maximum absolute atomic E-state index is 12.1. The molecule has 0 aromatic heterocycles. The van der Waals surface area contributed by atoms with Crippen molar-refractivity contribution in [2.24, 2.45) is 5.41 Å². The minimum Gasteiger partial charge on any atom is -0.384 e. The van der Waals surface area contributed by atoms with Crippen LogP contribution in [0.1, 0.15) is 23.2 Å². The zero-order valence-corrected chi connectivity index (χ0v) is 12.7. The number of piperidine rings is 1. The Bertz CT molecular complexity index is 400. The van der Waals surface area contributed by atoms with E-state index in [9.17, 15) is 4.79 Å². The highest BCUT2D eigenvalue weighted by molar-refractivity contribution is 5.94. The fraction of sp³-hybridized carbons (Fsp3) is 0.533. The molecule has 1 amide bonds. The van der Waals surface area contributed by atoms with Gasteiger partial charge < -0.3 is 15.4 Å². The Morgan fingerprint density at radius 2 is 1.95 bits per heavy atom. The number of benzene rings is 1. The molecule has 0 bridgehead atoms. The third-order valence-corrected chi connectivity index (χ3v) is 3.77. The van der Waals surface area contributed by atoms with Gasteiger partial charge in [-0.15, -0.1) is 12.4 Å². The highest BCUT2D eigenvalue weighted by atomic mass is 35.5. The van der Waals surface area contributed by atoms with Crippen molar-refractivity contribution >= 4 is 18.3 Å². The fourth-order valence-electron chi connectivity index (χ4n) is 2.59. The summed E-state index contributed by atoms with van der Waals surface area (Å²) in [7, 11) is 1.73. The lowest BCUT2D eigenvalue weighted by atomic mass is 9.79. The van der Waals surface area contributed by atoms with E-state index in [1.54, 1.807) is 7.11 Å². The molecule has 2 N–H and O–H groups in total. The standard InChI is InChI=1S/C15H22N2O2.ClH/c1-19-12-15(7-9-16-10-8-15)11-17-14(18)13-5-3-2-4-6-13;/h2-6,16H,7-12H2,1H3,(H,17,18);1H. The molecular formula is C15H23ClN2O2. The summed E-state index contributed by atoms with van der Waals surface area (Å²) in [5.74, 6) is -0.00499. The molecule has 0 radical (unpaired) electrons. The van der Waals surface area contributed by atoms with Crippen LogP contribution in [0, 0.1) is 5.41 Å². The zero-order valence-electron chi connectivity index (χ0n) is 11.9. The summed E-state index contributed by atoms with van der Waals surface area (Å²) in [4.78, 5) is 12.1. The summed E-state index contributed by atoms with van der Waals surface area (Å²) in [6, 6.07) is 9.34. The molecule has 1 aromatic rings. The van der Waals surface area contributed by atoms with Gasteiger partial charge in [0.1, 0.15) is 0 Å². The lowest BCUT2D eigenvalue weighted by molar-refractivity contribution is 0.0512. The maximum Gasteiger partial charge on any atom is 0.251 e. The predicted molar refractivity (Wildman–Crippen MR) is 82.4 cm³/mol. The lowest BCUT2D eigenvalue weighted by Crippen LogP contribution is -2.47. The van der Waals surface area contributed by atoms with E-state index in [2.05, 4.69) is 10.6 Å². The Balaban J connectivity index is 0.00000200. The first-order valence-corrected chi connectivity index (χ1v) is 6.79. The second kappa shape index (κ2) is 8.25. The number of hydrogen-bond acceptors (Lipinski definition) is 3. The number of carbonyl (C=O) groups excluding carboxylic acids is 1. The average Bonchev–Trinajstić information content (AvgIpc) is 2.47. The minimum atomic E-state index is -0.00499. The topological polar surface area (TPSA) is 50.4 Å². The van der Waals surface area contributed by atoms with Gasteiger partial charge >= 0.3 is 0 Å². The summed E-state index contributed by atoms with van der Waals surface area (Å²) in [6.45, 7) is 3.36. The molecular weight excluding hydrogens is 276 g/mol. The SMILES string of the molecule is COCC1(CNC(=O)c2ccccc2)CCNCC1.Cl. The van der Waals surface area contributed by atoms with Crippen LogP contribution in [0.3, 0.4) is 0 Å². The molecule has 1 heterocycles. The third-order valence-electron chi connectivity index (χ3n) is 3.77. The van der Waals surface area contributed by atoms with E-state index in [0.29, 0.717) is 18.7 Å². The molecule has 20 heavy (non-hydrogen) atoms. The van der Waals surface area contributed by atoms with Gasteiger partial charge in [0.2, 0.25) is 0 Å². The van der Waals surface area contributed by atoms with E-state index >= 15 is 0 Å². The molecule has 0 spiro atoms. The van der Waals surface area contributed by atoms with Gasteiger partial charge in [-0.1, -0.05) is 18.2 Å². The van der Waals surface area contributed by atoms with Gasteiger partial charge in [0.15, 0.2) is 0 Å². The van der Waals surface area contributed by atoms with E-state index in [1.165, 1.54) is 0 Å². The average molecular weight is 299 g/mol. The minimum absolute atomic E-state index is 0. The molecule has 0 unspecified atom stereocenters. The first kappa shape index (κ1) is 17.0. The van der Waals surface area contributed by atoms with Gasteiger partial charge in [0, 0.05) is 24.6 Å². The maximum atomic E-state index is 12.1. The monoisotopic (exact) mass is 298 g/mol. The van der Waals surface area contributed by atoms with Crippen molar-refractivity contribution < 1.29 is 9.53 Å². The largest absolute Gasteiger partial charge is 0.384 e. The molecule has 1 aliphatic rings. The van der Waals surface area contributed by atoms with Crippen molar-refractivity contribution in [3.05, 3.63) is 35.9 Å². The summed E-state index contributed by atoms with van der Waals surface area (Å²) in [5.41, 5.74) is 0.786. The molecule has 1 fully saturated rings. The molecule has 1 aliphatic heterocycles. The molecule has 5 heteroatoms. The fourth-order valence-corrected chi connectivity index (χ4v) is 2.59. The number of halogens is 1. The summed E-state index contributed by atoms with van der Waals surface area (Å²) in [5, 5.41) is 6.40. The van der Waals surface area contributed by atoms with Crippen LogP contribution in [0.5, 0.6) is 0 Å². The second-order valence-electron chi connectivity index (χ2n) is 5.23. The number of ether oxygens (including phenoxy) is 1. The summed E-state index contributed by atoms with van der Waals surface area (Å²) < 4.78 is 5.34. The molecule has 1 saturated heterocycles. The Morgan fingerprint density at radius 1 is 1.30 bits per heavy atom. The van der Waals surface area contributed by atoms with Crippen molar-refractivity contribution in [1.82, 2.24) is 10.6 Å². The van der Waals surface area contributed by atoms with Crippen LogP contribution < -0.4 is 10.6 Å². The molecule has 2 rings (SSSR count). The van der Waals surface area contributed by atoms with Crippen molar-refractivity contribution in [3.63, 3.8) is 0 Å². The molecule has 0 aliphatic carbocycles. The van der Waals surface area contributed by atoms with Gasteiger partial charge in [-0.3, -0.25) is 4.79 Å². The third kappa shape index (κ3) is 4.47.